The highest BCUT2D eigenvalue weighted by Gasteiger charge is 2.25. The number of amides is 1. The summed E-state index contributed by atoms with van der Waals surface area (Å²) < 4.78 is 2.99. The molecule has 0 saturated carbocycles. The lowest BCUT2D eigenvalue weighted by molar-refractivity contribution is -0.119. The molecule has 4 rings (SSSR count). The number of carbonyl (C=O) groups is 1. The number of nitrogens with one attached hydrogen (secondary N) is 1. The fraction of sp³-hybridized carbons (Fsp3) is 0.217. The van der Waals surface area contributed by atoms with E-state index in [1.54, 1.807) is 35.9 Å². The predicted molar refractivity (Wildman–Crippen MR) is 122 cm³/mol. The largest absolute Gasteiger partial charge is 0.323 e. The third-order valence-electron chi connectivity index (χ3n) is 5.26. The van der Waals surface area contributed by atoms with Crippen LogP contribution in [0.4, 0.5) is 5.69 Å². The molecular formula is C23H22ClN5O2. The Morgan fingerprint density at radius 3 is 2.42 bits per heavy atom. The summed E-state index contributed by atoms with van der Waals surface area (Å²) in [6.07, 6.45) is 0.389. The summed E-state index contributed by atoms with van der Waals surface area (Å²) in [5.41, 5.74) is 2.81. The first kappa shape index (κ1) is 20.8. The summed E-state index contributed by atoms with van der Waals surface area (Å²) in [6, 6.07) is 15.8. The summed E-state index contributed by atoms with van der Waals surface area (Å²) in [6.45, 7) is 5.47. The summed E-state index contributed by atoms with van der Waals surface area (Å²) in [5.74, 6) is -0.350. The van der Waals surface area contributed by atoms with Gasteiger partial charge in [0.25, 0.3) is 5.56 Å². The molecule has 0 aliphatic rings. The molecule has 0 radical (unpaired) electrons. The minimum Gasteiger partial charge on any atom is -0.323 e. The van der Waals surface area contributed by atoms with Gasteiger partial charge in [0.2, 0.25) is 5.91 Å². The molecule has 0 spiro atoms. The molecule has 4 aromatic rings. The van der Waals surface area contributed by atoms with E-state index in [1.807, 2.05) is 44.2 Å². The highest BCUT2D eigenvalue weighted by atomic mass is 35.5. The van der Waals surface area contributed by atoms with Gasteiger partial charge in [-0.1, -0.05) is 48.9 Å². The monoisotopic (exact) mass is 435 g/mol. The molecule has 8 heteroatoms. The maximum Gasteiger partial charge on any atom is 0.278 e. The topological polar surface area (TPSA) is 81.8 Å². The Bertz CT molecular complexity index is 1330. The third kappa shape index (κ3) is 3.72. The van der Waals surface area contributed by atoms with E-state index in [0.29, 0.717) is 39.4 Å². The summed E-state index contributed by atoms with van der Waals surface area (Å²) in [7, 11) is 0. The van der Waals surface area contributed by atoms with E-state index >= 15 is 0 Å². The second-order valence-electron chi connectivity index (χ2n) is 7.28. The van der Waals surface area contributed by atoms with Gasteiger partial charge in [0.1, 0.15) is 11.6 Å². The van der Waals surface area contributed by atoms with E-state index in [1.165, 1.54) is 4.68 Å². The smallest absolute Gasteiger partial charge is 0.278 e. The van der Waals surface area contributed by atoms with E-state index in [2.05, 4.69) is 15.5 Å². The van der Waals surface area contributed by atoms with Crippen LogP contribution in [-0.2, 0) is 4.79 Å². The molecule has 1 N–H and O–H groups in total. The van der Waals surface area contributed by atoms with Crippen molar-refractivity contribution < 1.29 is 4.79 Å². The number of nitrogens with zero attached hydrogens (tertiary/aromatic N) is 4. The molecule has 0 bridgehead atoms. The van der Waals surface area contributed by atoms with Crippen LogP contribution < -0.4 is 10.9 Å². The summed E-state index contributed by atoms with van der Waals surface area (Å²) in [4.78, 5) is 26.4. The fourth-order valence-corrected chi connectivity index (χ4v) is 3.84. The van der Waals surface area contributed by atoms with Crippen molar-refractivity contribution in [2.24, 2.45) is 0 Å². The number of anilines is 1. The van der Waals surface area contributed by atoms with Gasteiger partial charge in [0.15, 0.2) is 0 Å². The van der Waals surface area contributed by atoms with Crippen LogP contribution in [-0.4, -0.2) is 25.5 Å². The molecule has 0 aliphatic heterocycles. The highest BCUT2D eigenvalue weighted by Crippen LogP contribution is 2.24. The summed E-state index contributed by atoms with van der Waals surface area (Å²) in [5, 5.41) is 12.8. The lowest BCUT2D eigenvalue weighted by Gasteiger charge is -2.18. The molecule has 0 aliphatic carbocycles. The van der Waals surface area contributed by atoms with Crippen molar-refractivity contribution in [1.82, 2.24) is 19.6 Å². The number of aryl methyl sites for hydroxylation is 2. The molecule has 31 heavy (non-hydrogen) atoms. The normalized spacial score (nSPS) is 12.1. The molecule has 2 heterocycles. The molecule has 2 aromatic heterocycles. The van der Waals surface area contributed by atoms with Crippen molar-refractivity contribution in [3.63, 3.8) is 0 Å². The van der Waals surface area contributed by atoms with Crippen molar-refractivity contribution in [3.8, 4) is 5.69 Å². The van der Waals surface area contributed by atoms with Crippen LogP contribution in [0.2, 0.25) is 5.02 Å². The van der Waals surface area contributed by atoms with Crippen molar-refractivity contribution in [2.75, 3.05) is 5.32 Å². The van der Waals surface area contributed by atoms with E-state index < -0.39 is 6.04 Å². The molecule has 2 aromatic carbocycles. The lowest BCUT2D eigenvalue weighted by Crippen LogP contribution is -2.35. The number of aromatic nitrogens is 4. The standard InChI is InChI=1S/C23H22ClN5O2/c1-4-19(22(30)25-18-13-9-8-12-17(18)24)29-23(31)20-15(3)28(16-10-6-5-7-11-16)27-21(20)14(2)26-29/h5-13,19H,4H2,1-3H3,(H,25,30). The Balaban J connectivity index is 1.81. The maximum atomic E-state index is 13.4. The lowest BCUT2D eigenvalue weighted by atomic mass is 10.2. The van der Waals surface area contributed by atoms with Gasteiger partial charge in [0.05, 0.1) is 33.2 Å². The first-order chi connectivity index (χ1) is 14.9. The number of rotatable bonds is 5. The van der Waals surface area contributed by atoms with Crippen molar-refractivity contribution in [3.05, 3.63) is 81.4 Å². The Hall–Kier alpha value is -3.45. The first-order valence-corrected chi connectivity index (χ1v) is 10.4. The Kier molecular flexibility index (Phi) is 5.61. The minimum absolute atomic E-state index is 0.346. The van der Waals surface area contributed by atoms with Crippen LogP contribution in [0, 0.1) is 13.8 Å². The van der Waals surface area contributed by atoms with Gasteiger partial charge in [-0.05, 0) is 44.5 Å². The van der Waals surface area contributed by atoms with Crippen LogP contribution in [0.5, 0.6) is 0 Å². The van der Waals surface area contributed by atoms with Crippen LogP contribution in [0.3, 0.4) is 0 Å². The number of fused-ring (bicyclic) bond motifs is 1. The second kappa shape index (κ2) is 8.35. The molecule has 158 valence electrons. The quantitative estimate of drug-likeness (QED) is 0.502. The SMILES string of the molecule is CCC(C(=O)Nc1ccccc1Cl)n1nc(C)c2nn(-c3ccccc3)c(C)c2c1=O. The third-order valence-corrected chi connectivity index (χ3v) is 5.59. The molecule has 1 amide bonds. The van der Waals surface area contributed by atoms with Crippen LogP contribution in [0.1, 0.15) is 30.8 Å². The second-order valence-corrected chi connectivity index (χ2v) is 7.69. The van der Waals surface area contributed by atoms with E-state index in [4.69, 9.17) is 11.6 Å². The van der Waals surface area contributed by atoms with E-state index in [-0.39, 0.29) is 11.5 Å². The van der Waals surface area contributed by atoms with Gasteiger partial charge in [-0.3, -0.25) is 9.59 Å². The van der Waals surface area contributed by atoms with Crippen molar-refractivity contribution in [1.29, 1.82) is 0 Å². The zero-order valence-corrected chi connectivity index (χ0v) is 18.2. The van der Waals surface area contributed by atoms with E-state index in [0.717, 1.165) is 5.69 Å². The number of halogens is 1. The van der Waals surface area contributed by atoms with Crippen LogP contribution >= 0.6 is 11.6 Å². The molecule has 1 unspecified atom stereocenters. The van der Waals surface area contributed by atoms with Gasteiger partial charge >= 0.3 is 0 Å². The van der Waals surface area contributed by atoms with Gasteiger partial charge in [-0.25, -0.2) is 9.36 Å². The fourth-order valence-electron chi connectivity index (χ4n) is 3.66. The molecular weight excluding hydrogens is 414 g/mol. The molecule has 0 fully saturated rings. The number of benzene rings is 2. The van der Waals surface area contributed by atoms with Gasteiger partial charge in [-0.15, -0.1) is 0 Å². The average molecular weight is 436 g/mol. The molecule has 1 atom stereocenters. The van der Waals surface area contributed by atoms with Gasteiger partial charge < -0.3 is 5.32 Å². The van der Waals surface area contributed by atoms with Gasteiger partial charge in [-0.2, -0.15) is 10.2 Å². The van der Waals surface area contributed by atoms with Crippen LogP contribution in [0.25, 0.3) is 16.6 Å². The molecule has 0 saturated heterocycles. The Morgan fingerprint density at radius 1 is 1.06 bits per heavy atom. The maximum absolute atomic E-state index is 13.4. The average Bonchev–Trinajstić information content (AvgIpc) is 3.12. The predicted octanol–water partition coefficient (Wildman–Crippen LogP) is 4.44. The van der Waals surface area contributed by atoms with Crippen molar-refractivity contribution >= 4 is 34.1 Å². The zero-order valence-electron chi connectivity index (χ0n) is 17.5. The number of hydrogen-bond acceptors (Lipinski definition) is 4. The Morgan fingerprint density at radius 2 is 1.74 bits per heavy atom. The zero-order chi connectivity index (χ0) is 22.1. The van der Waals surface area contributed by atoms with Gasteiger partial charge in [0, 0.05) is 0 Å². The molecule has 7 nitrogen and oxygen atoms in total. The first-order valence-electron chi connectivity index (χ1n) is 10.0. The Labute approximate surface area is 184 Å². The van der Waals surface area contributed by atoms with Crippen molar-refractivity contribution in [2.45, 2.75) is 33.2 Å². The van der Waals surface area contributed by atoms with E-state index in [9.17, 15) is 9.59 Å². The number of carbonyl (C=O) groups excluding carboxylic acids is 1. The highest BCUT2D eigenvalue weighted by molar-refractivity contribution is 6.33. The van der Waals surface area contributed by atoms with Crippen LogP contribution in [0.15, 0.2) is 59.4 Å². The number of hydrogen-bond donors (Lipinski definition) is 1. The minimum atomic E-state index is -0.786. The number of para-hydroxylation sites is 2. The summed E-state index contributed by atoms with van der Waals surface area (Å²) >= 11 is 6.17.